The van der Waals surface area contributed by atoms with Gasteiger partial charge in [-0.1, -0.05) is 6.92 Å². The summed E-state index contributed by atoms with van der Waals surface area (Å²) < 4.78 is 1.19. The van der Waals surface area contributed by atoms with Crippen molar-refractivity contribution in [2.45, 2.75) is 19.4 Å². The highest BCUT2D eigenvalue weighted by Crippen LogP contribution is 2.29. The lowest BCUT2D eigenvalue weighted by atomic mass is 10.00. The van der Waals surface area contributed by atoms with Crippen molar-refractivity contribution in [2.24, 2.45) is 0 Å². The highest BCUT2D eigenvalue weighted by atomic mass is 32.1. The molecule has 5 heteroatoms. The summed E-state index contributed by atoms with van der Waals surface area (Å²) in [6.45, 7) is 3.07. The molecule has 1 atom stereocenters. The molecule has 0 spiro atoms. The number of hydrogen-bond donors (Lipinski definition) is 2. The van der Waals surface area contributed by atoms with Gasteiger partial charge in [0.2, 0.25) is 0 Å². The summed E-state index contributed by atoms with van der Waals surface area (Å²) >= 11 is 1.70. The molecular weight excluding hydrogens is 280 g/mol. The van der Waals surface area contributed by atoms with Gasteiger partial charge in [0.15, 0.2) is 0 Å². The van der Waals surface area contributed by atoms with Crippen LogP contribution in [-0.2, 0) is 0 Å². The number of hydrogen-bond acceptors (Lipinski definition) is 5. The molecule has 4 nitrogen and oxygen atoms in total. The third-order valence-corrected chi connectivity index (χ3v) is 4.31. The lowest BCUT2D eigenvalue weighted by molar-refractivity contribution is 0.597. The number of rotatable bonds is 5. The summed E-state index contributed by atoms with van der Waals surface area (Å²) in [6, 6.07) is 6.09. The number of pyridine rings is 2. The van der Waals surface area contributed by atoms with Gasteiger partial charge in [-0.05, 0) is 42.1 Å². The zero-order chi connectivity index (χ0) is 14.7. The smallest absolute Gasteiger partial charge is 0.0809 e. The van der Waals surface area contributed by atoms with E-state index in [1.807, 2.05) is 24.5 Å². The van der Waals surface area contributed by atoms with Crippen molar-refractivity contribution in [1.82, 2.24) is 15.3 Å². The number of thiophene rings is 1. The third-order valence-electron chi connectivity index (χ3n) is 3.45. The van der Waals surface area contributed by atoms with Gasteiger partial charge < -0.3 is 11.1 Å². The molecule has 0 aromatic carbocycles. The molecular formula is C16H18N4S. The summed E-state index contributed by atoms with van der Waals surface area (Å²) in [5.41, 5.74) is 10.0. The molecule has 0 saturated carbocycles. The Bertz CT molecular complexity index is 738. The number of aromatic nitrogens is 2. The number of nitrogen functional groups attached to an aromatic ring is 1. The largest absolute Gasteiger partial charge is 0.398 e. The average Bonchev–Trinajstić information content (AvgIpc) is 2.97. The quantitative estimate of drug-likeness (QED) is 0.758. The van der Waals surface area contributed by atoms with E-state index in [9.17, 15) is 0 Å². The Labute approximate surface area is 128 Å². The van der Waals surface area contributed by atoms with Crippen molar-refractivity contribution in [1.29, 1.82) is 0 Å². The molecule has 0 aliphatic rings. The van der Waals surface area contributed by atoms with Gasteiger partial charge in [-0.3, -0.25) is 9.97 Å². The summed E-state index contributed by atoms with van der Waals surface area (Å²) in [7, 11) is 0. The Morgan fingerprint density at radius 3 is 3.05 bits per heavy atom. The average molecular weight is 298 g/mol. The van der Waals surface area contributed by atoms with Gasteiger partial charge in [0.05, 0.1) is 16.3 Å². The fourth-order valence-corrected chi connectivity index (χ4v) is 3.16. The van der Waals surface area contributed by atoms with E-state index in [4.69, 9.17) is 5.73 Å². The minimum Gasteiger partial charge on any atom is -0.398 e. The van der Waals surface area contributed by atoms with E-state index in [2.05, 4.69) is 33.7 Å². The molecule has 3 heterocycles. The fraction of sp³-hybridized carbons (Fsp3) is 0.250. The van der Waals surface area contributed by atoms with Crippen LogP contribution in [-0.4, -0.2) is 16.5 Å². The molecule has 0 fully saturated rings. The van der Waals surface area contributed by atoms with Crippen LogP contribution in [0.3, 0.4) is 0 Å². The minimum atomic E-state index is 0.0256. The molecule has 21 heavy (non-hydrogen) atoms. The van der Waals surface area contributed by atoms with Crippen molar-refractivity contribution in [2.75, 3.05) is 12.3 Å². The van der Waals surface area contributed by atoms with Crippen LogP contribution in [0.2, 0.25) is 0 Å². The zero-order valence-electron chi connectivity index (χ0n) is 11.9. The number of nitrogens with one attached hydrogen (secondary N) is 1. The van der Waals surface area contributed by atoms with Crippen LogP contribution in [0.15, 0.2) is 42.2 Å². The van der Waals surface area contributed by atoms with Crippen molar-refractivity contribution in [3.05, 3.63) is 53.3 Å². The number of nitrogens with two attached hydrogens (primary N) is 1. The van der Waals surface area contributed by atoms with E-state index in [-0.39, 0.29) is 6.04 Å². The van der Waals surface area contributed by atoms with Crippen molar-refractivity contribution in [3.63, 3.8) is 0 Å². The maximum absolute atomic E-state index is 6.13. The van der Waals surface area contributed by atoms with E-state index in [0.717, 1.165) is 35.3 Å². The molecule has 0 aliphatic heterocycles. The van der Waals surface area contributed by atoms with E-state index in [1.165, 1.54) is 4.70 Å². The highest BCUT2D eigenvalue weighted by Gasteiger charge is 2.17. The van der Waals surface area contributed by atoms with Crippen molar-refractivity contribution >= 4 is 27.2 Å². The predicted molar refractivity (Wildman–Crippen MR) is 88.4 cm³/mol. The number of fused-ring (bicyclic) bond motifs is 1. The Hall–Kier alpha value is -1.98. The first-order chi connectivity index (χ1) is 10.3. The summed E-state index contributed by atoms with van der Waals surface area (Å²) in [4.78, 5) is 8.75. The van der Waals surface area contributed by atoms with E-state index in [0.29, 0.717) is 0 Å². The molecule has 3 N–H and O–H groups in total. The van der Waals surface area contributed by atoms with Crippen molar-refractivity contribution in [3.8, 4) is 0 Å². The minimum absolute atomic E-state index is 0.0256. The topological polar surface area (TPSA) is 63.8 Å². The van der Waals surface area contributed by atoms with E-state index in [1.54, 1.807) is 17.5 Å². The molecule has 3 aromatic heterocycles. The standard InChI is InChI=1S/C16H18N4S/c1-2-5-19-16(12-10-18-6-3-13(12)17)11-8-15-14(20-9-11)4-7-21-15/h3-4,6-10,16,19H,2,5H2,1H3,(H2,17,18). The molecule has 3 aromatic rings. The number of nitrogens with zero attached hydrogens (tertiary/aromatic N) is 2. The molecule has 0 amide bonds. The van der Waals surface area contributed by atoms with Crippen LogP contribution < -0.4 is 11.1 Å². The van der Waals surface area contributed by atoms with Crippen LogP contribution in [0.4, 0.5) is 5.69 Å². The van der Waals surface area contributed by atoms with Gasteiger partial charge in [0.1, 0.15) is 0 Å². The lowest BCUT2D eigenvalue weighted by Gasteiger charge is -2.20. The predicted octanol–water partition coefficient (Wildman–Crippen LogP) is 3.36. The third kappa shape index (κ3) is 2.89. The Balaban J connectivity index is 2.03. The van der Waals surface area contributed by atoms with Crippen LogP contribution in [0, 0.1) is 0 Å². The molecule has 0 bridgehead atoms. The second-order valence-corrected chi connectivity index (χ2v) is 5.91. The van der Waals surface area contributed by atoms with Gasteiger partial charge in [-0.25, -0.2) is 0 Å². The summed E-state index contributed by atoms with van der Waals surface area (Å²) in [5, 5.41) is 5.61. The van der Waals surface area contributed by atoms with E-state index < -0.39 is 0 Å². The molecule has 1 unspecified atom stereocenters. The van der Waals surface area contributed by atoms with E-state index >= 15 is 0 Å². The van der Waals surface area contributed by atoms with Gasteiger partial charge in [0.25, 0.3) is 0 Å². The molecule has 3 rings (SSSR count). The second kappa shape index (κ2) is 6.20. The normalized spacial score (nSPS) is 12.6. The maximum Gasteiger partial charge on any atom is 0.0809 e. The second-order valence-electron chi connectivity index (χ2n) is 4.96. The Kier molecular flexibility index (Phi) is 4.13. The molecule has 0 aliphatic carbocycles. The van der Waals surface area contributed by atoms with Crippen molar-refractivity contribution < 1.29 is 0 Å². The number of anilines is 1. The molecule has 108 valence electrons. The maximum atomic E-state index is 6.13. The fourth-order valence-electron chi connectivity index (χ4n) is 2.37. The Morgan fingerprint density at radius 2 is 2.24 bits per heavy atom. The van der Waals surface area contributed by atoms with Crippen LogP contribution in [0.25, 0.3) is 10.2 Å². The first-order valence-corrected chi connectivity index (χ1v) is 7.93. The SMILES string of the molecule is CCCNC(c1cnc2ccsc2c1)c1cnccc1N. The highest BCUT2D eigenvalue weighted by molar-refractivity contribution is 7.17. The van der Waals surface area contributed by atoms with Crippen LogP contribution in [0.5, 0.6) is 0 Å². The van der Waals surface area contributed by atoms with Gasteiger partial charge >= 0.3 is 0 Å². The molecule has 0 radical (unpaired) electrons. The Morgan fingerprint density at radius 1 is 1.33 bits per heavy atom. The monoisotopic (exact) mass is 298 g/mol. The zero-order valence-corrected chi connectivity index (χ0v) is 12.7. The van der Waals surface area contributed by atoms with Gasteiger partial charge in [0, 0.05) is 29.8 Å². The first-order valence-electron chi connectivity index (χ1n) is 7.05. The molecule has 0 saturated heterocycles. The van der Waals surface area contributed by atoms with Gasteiger partial charge in [-0.15, -0.1) is 11.3 Å². The first kappa shape index (κ1) is 14.0. The van der Waals surface area contributed by atoms with Crippen LogP contribution in [0.1, 0.15) is 30.5 Å². The van der Waals surface area contributed by atoms with Crippen LogP contribution >= 0.6 is 11.3 Å². The van der Waals surface area contributed by atoms with Gasteiger partial charge in [-0.2, -0.15) is 0 Å². The summed E-state index contributed by atoms with van der Waals surface area (Å²) in [5.74, 6) is 0. The lowest BCUT2D eigenvalue weighted by Crippen LogP contribution is -2.24. The summed E-state index contributed by atoms with van der Waals surface area (Å²) in [6.07, 6.45) is 6.54.